The summed E-state index contributed by atoms with van der Waals surface area (Å²) < 4.78 is 38.3. The van der Waals surface area contributed by atoms with Crippen LogP contribution < -0.4 is 4.90 Å². The minimum atomic E-state index is -4.51. The Morgan fingerprint density at radius 2 is 1.85 bits per heavy atom. The minimum Gasteiger partial charge on any atom is -0.353 e. The van der Waals surface area contributed by atoms with E-state index in [-0.39, 0.29) is 11.7 Å². The number of aromatic nitrogens is 4. The van der Waals surface area contributed by atoms with Gasteiger partial charge in [0.05, 0.1) is 0 Å². The van der Waals surface area contributed by atoms with E-state index in [4.69, 9.17) is 0 Å². The highest BCUT2D eigenvalue weighted by Gasteiger charge is 2.34. The number of carbonyl (C=O) groups excluding carboxylic acids is 1. The first-order valence-electron chi connectivity index (χ1n) is 8.40. The smallest absolute Gasteiger partial charge is 0.353 e. The van der Waals surface area contributed by atoms with E-state index in [9.17, 15) is 18.0 Å². The second-order valence-electron chi connectivity index (χ2n) is 6.52. The van der Waals surface area contributed by atoms with Crippen LogP contribution in [0.2, 0.25) is 0 Å². The van der Waals surface area contributed by atoms with Crippen LogP contribution in [0.15, 0.2) is 18.5 Å². The Balaban J connectivity index is 1.40. The Labute approximate surface area is 147 Å². The molecule has 0 unspecified atom stereocenters. The van der Waals surface area contributed by atoms with Crippen LogP contribution in [0, 0.1) is 0 Å². The van der Waals surface area contributed by atoms with Crippen LogP contribution in [0.25, 0.3) is 0 Å². The third kappa shape index (κ3) is 3.35. The zero-order valence-electron chi connectivity index (χ0n) is 13.8. The van der Waals surface area contributed by atoms with Crippen molar-refractivity contribution in [3.8, 4) is 0 Å². The molecule has 26 heavy (non-hydrogen) atoms. The van der Waals surface area contributed by atoms with Crippen LogP contribution in [0.1, 0.15) is 40.6 Å². The van der Waals surface area contributed by atoms with Gasteiger partial charge in [-0.2, -0.15) is 18.3 Å². The minimum absolute atomic E-state index is 0.161. The highest BCUT2D eigenvalue weighted by atomic mass is 19.4. The normalized spacial score (nSPS) is 18.3. The number of alkyl halides is 3. The Hall–Kier alpha value is -2.65. The second-order valence-corrected chi connectivity index (χ2v) is 6.52. The van der Waals surface area contributed by atoms with Crippen LogP contribution in [0.4, 0.5) is 19.0 Å². The van der Waals surface area contributed by atoms with Gasteiger partial charge in [-0.1, -0.05) is 0 Å². The maximum atomic E-state index is 12.8. The zero-order valence-corrected chi connectivity index (χ0v) is 13.8. The van der Waals surface area contributed by atoms with Crippen LogP contribution in [0.3, 0.4) is 0 Å². The van der Waals surface area contributed by atoms with Gasteiger partial charge in [-0.05, 0) is 18.9 Å². The number of piperazine rings is 1. The predicted molar refractivity (Wildman–Crippen MR) is 85.7 cm³/mol. The van der Waals surface area contributed by atoms with Gasteiger partial charge in [-0.25, -0.2) is 9.97 Å². The first-order chi connectivity index (χ1) is 12.4. The van der Waals surface area contributed by atoms with Crippen LogP contribution in [-0.2, 0) is 6.18 Å². The van der Waals surface area contributed by atoms with Crippen molar-refractivity contribution in [2.24, 2.45) is 0 Å². The molecule has 1 N–H and O–H groups in total. The van der Waals surface area contributed by atoms with Gasteiger partial charge < -0.3 is 9.80 Å². The summed E-state index contributed by atoms with van der Waals surface area (Å²) in [6.07, 6.45) is -1.35. The van der Waals surface area contributed by atoms with Crippen molar-refractivity contribution in [2.45, 2.75) is 24.9 Å². The molecule has 1 amide bonds. The van der Waals surface area contributed by atoms with Crippen molar-refractivity contribution in [3.63, 3.8) is 0 Å². The number of carbonyl (C=O) groups is 1. The summed E-state index contributed by atoms with van der Waals surface area (Å²) in [5, 5.41) is 7.00. The molecule has 138 valence electrons. The Morgan fingerprint density at radius 1 is 1.12 bits per heavy atom. The molecule has 4 rings (SSSR count). The fourth-order valence-corrected chi connectivity index (χ4v) is 3.03. The zero-order chi connectivity index (χ0) is 18.3. The summed E-state index contributed by atoms with van der Waals surface area (Å²) in [5.41, 5.74) is 0.416. The quantitative estimate of drug-likeness (QED) is 0.900. The van der Waals surface area contributed by atoms with E-state index in [2.05, 4.69) is 20.2 Å². The SMILES string of the molecule is O=C(c1cc(C2CC2)[nH]n1)N1CCN(c2cc(C(F)(F)F)ncn2)CC1. The predicted octanol–water partition coefficient (Wildman–Crippen LogP) is 2.06. The van der Waals surface area contributed by atoms with E-state index in [1.165, 1.54) is 0 Å². The number of aromatic amines is 1. The van der Waals surface area contributed by atoms with Gasteiger partial charge in [0, 0.05) is 43.9 Å². The summed E-state index contributed by atoms with van der Waals surface area (Å²) in [5.74, 6) is 0.545. The highest BCUT2D eigenvalue weighted by Crippen LogP contribution is 2.39. The molecular weight excluding hydrogens is 349 g/mol. The lowest BCUT2D eigenvalue weighted by Crippen LogP contribution is -2.49. The maximum Gasteiger partial charge on any atom is 0.433 e. The van der Waals surface area contributed by atoms with E-state index in [0.717, 1.165) is 30.9 Å². The van der Waals surface area contributed by atoms with Gasteiger partial charge in [0.1, 0.15) is 23.5 Å². The number of nitrogens with zero attached hydrogens (tertiary/aromatic N) is 5. The van der Waals surface area contributed by atoms with E-state index < -0.39 is 11.9 Å². The van der Waals surface area contributed by atoms with Gasteiger partial charge in [0.2, 0.25) is 0 Å². The van der Waals surface area contributed by atoms with Gasteiger partial charge >= 0.3 is 6.18 Å². The molecule has 0 radical (unpaired) electrons. The summed E-state index contributed by atoms with van der Waals surface area (Å²) in [4.78, 5) is 23.1. The molecule has 0 atom stereocenters. The van der Waals surface area contributed by atoms with Crippen LogP contribution in [0.5, 0.6) is 0 Å². The molecule has 2 aromatic heterocycles. The standard InChI is InChI=1S/C16H17F3N6O/c17-16(18,19)13-8-14(21-9-20-13)24-3-5-25(6-4-24)15(26)12-7-11(22-23-12)10-1-2-10/h7-10H,1-6H2,(H,22,23). The van der Waals surface area contributed by atoms with Crippen molar-refractivity contribution >= 4 is 11.7 Å². The fourth-order valence-electron chi connectivity index (χ4n) is 3.03. The van der Waals surface area contributed by atoms with Crippen LogP contribution in [-0.4, -0.2) is 57.2 Å². The first-order valence-corrected chi connectivity index (χ1v) is 8.40. The first kappa shape index (κ1) is 16.8. The van der Waals surface area contributed by atoms with Gasteiger partial charge in [0.25, 0.3) is 5.91 Å². The van der Waals surface area contributed by atoms with Gasteiger partial charge in [-0.3, -0.25) is 9.89 Å². The summed E-state index contributed by atoms with van der Waals surface area (Å²) in [7, 11) is 0. The molecule has 7 nitrogen and oxygen atoms in total. The molecule has 0 spiro atoms. The molecule has 10 heteroatoms. The summed E-state index contributed by atoms with van der Waals surface area (Å²) >= 11 is 0. The topological polar surface area (TPSA) is 78.0 Å². The number of hydrogen-bond acceptors (Lipinski definition) is 5. The molecule has 2 aliphatic rings. The number of anilines is 1. The molecule has 2 fully saturated rings. The average Bonchev–Trinajstić information content (AvgIpc) is 3.38. The average molecular weight is 366 g/mol. The van der Waals surface area contributed by atoms with Gasteiger partial charge in [-0.15, -0.1) is 0 Å². The molecular formula is C16H17F3N6O. The molecule has 3 heterocycles. The van der Waals surface area contributed by atoms with E-state index in [0.29, 0.717) is 37.8 Å². The molecule has 1 aliphatic carbocycles. The number of amides is 1. The molecule has 1 saturated carbocycles. The lowest BCUT2D eigenvalue weighted by molar-refractivity contribution is -0.141. The van der Waals surface area contributed by atoms with E-state index >= 15 is 0 Å². The highest BCUT2D eigenvalue weighted by molar-refractivity contribution is 5.92. The lowest BCUT2D eigenvalue weighted by Gasteiger charge is -2.35. The number of H-pyrrole nitrogens is 1. The van der Waals surface area contributed by atoms with Gasteiger partial charge in [0.15, 0.2) is 0 Å². The summed E-state index contributed by atoms with van der Waals surface area (Å²) in [6.45, 7) is 1.60. The van der Waals surface area contributed by atoms with E-state index in [1.54, 1.807) is 15.9 Å². The molecule has 0 bridgehead atoms. The Morgan fingerprint density at radius 3 is 2.50 bits per heavy atom. The van der Waals surface area contributed by atoms with Crippen molar-refractivity contribution < 1.29 is 18.0 Å². The fraction of sp³-hybridized carbons (Fsp3) is 0.500. The third-order valence-electron chi connectivity index (χ3n) is 4.67. The third-order valence-corrected chi connectivity index (χ3v) is 4.67. The summed E-state index contributed by atoms with van der Waals surface area (Å²) in [6, 6.07) is 2.74. The monoisotopic (exact) mass is 366 g/mol. The number of hydrogen-bond donors (Lipinski definition) is 1. The Kier molecular flexibility index (Phi) is 4.04. The largest absolute Gasteiger partial charge is 0.433 e. The lowest BCUT2D eigenvalue weighted by atomic mass is 10.2. The van der Waals surface area contributed by atoms with Crippen molar-refractivity contribution in [1.29, 1.82) is 0 Å². The number of rotatable bonds is 3. The number of nitrogens with one attached hydrogen (secondary N) is 1. The molecule has 1 aliphatic heterocycles. The van der Waals surface area contributed by atoms with Crippen molar-refractivity contribution in [3.05, 3.63) is 35.5 Å². The maximum absolute atomic E-state index is 12.8. The number of halogens is 3. The Bertz CT molecular complexity index is 808. The molecule has 0 aromatic carbocycles. The van der Waals surface area contributed by atoms with Crippen molar-refractivity contribution in [1.82, 2.24) is 25.1 Å². The van der Waals surface area contributed by atoms with Crippen LogP contribution >= 0.6 is 0 Å². The van der Waals surface area contributed by atoms with Crippen molar-refractivity contribution in [2.75, 3.05) is 31.1 Å². The second kappa shape index (κ2) is 6.26. The molecule has 2 aromatic rings. The van der Waals surface area contributed by atoms with E-state index in [1.807, 2.05) is 0 Å². The molecule has 1 saturated heterocycles.